The van der Waals surface area contributed by atoms with Crippen molar-refractivity contribution in [2.24, 2.45) is 0 Å². The molecule has 9 heteroatoms. The Kier molecular flexibility index (Phi) is 3.17. The van der Waals surface area contributed by atoms with Crippen LogP contribution in [0.2, 0.25) is 0 Å². The van der Waals surface area contributed by atoms with Crippen LogP contribution in [0.15, 0.2) is 0 Å². The van der Waals surface area contributed by atoms with Crippen molar-refractivity contribution in [1.29, 1.82) is 0 Å². The molecule has 0 spiro atoms. The van der Waals surface area contributed by atoms with E-state index in [4.69, 9.17) is 5.11 Å². The lowest BCUT2D eigenvalue weighted by molar-refractivity contribution is -0.0311. The Balaban J connectivity index is 2.77. The average Bonchev–Trinajstić information content (AvgIpc) is 2.29. The van der Waals surface area contributed by atoms with Crippen LogP contribution >= 0.6 is 0 Å². The molecule has 0 bridgehead atoms. The molecule has 0 aromatic carbocycles. The molecular weight excluding hydrogens is 234 g/mol. The topological polar surface area (TPSA) is 101 Å². The van der Waals surface area contributed by atoms with Crippen molar-refractivity contribution in [1.82, 2.24) is 4.47 Å². The Bertz CT molecular complexity index is 398. The molecule has 1 fully saturated rings. The Hall–Kier alpha value is -0.220. The third-order valence-electron chi connectivity index (χ3n) is 1.44. The van der Waals surface area contributed by atoms with Crippen molar-refractivity contribution in [2.75, 3.05) is 24.5 Å². The van der Waals surface area contributed by atoms with Gasteiger partial charge >= 0.3 is 0 Å². The van der Waals surface area contributed by atoms with Gasteiger partial charge in [0.25, 0.3) is 10.0 Å². The van der Waals surface area contributed by atoms with Gasteiger partial charge in [-0.1, -0.05) is 4.47 Å². The third-order valence-corrected chi connectivity index (χ3v) is 5.22. The molecule has 1 heterocycles. The molecule has 1 aliphatic rings. The third kappa shape index (κ3) is 3.17. The van der Waals surface area contributed by atoms with Crippen molar-refractivity contribution in [3.63, 3.8) is 0 Å². The van der Waals surface area contributed by atoms with Gasteiger partial charge in [-0.25, -0.2) is 16.8 Å². The highest BCUT2D eigenvalue weighted by molar-refractivity contribution is 8.06. The van der Waals surface area contributed by atoms with Crippen molar-refractivity contribution in [3.8, 4) is 0 Å². The SMILES string of the molecule is CS(=O)(=O)CS(=O)(=O)N1C[C@H](O)CO1. The largest absolute Gasteiger partial charge is 0.389 e. The zero-order chi connectivity index (χ0) is 11.0. The minimum atomic E-state index is -3.99. The van der Waals surface area contributed by atoms with Crippen LogP contribution in [0.1, 0.15) is 0 Å². The first-order valence-corrected chi connectivity index (χ1v) is 7.37. The Morgan fingerprint density at radius 2 is 2.00 bits per heavy atom. The summed E-state index contributed by atoms with van der Waals surface area (Å²) in [6, 6.07) is 0. The molecular formula is C5H11NO6S2. The van der Waals surface area contributed by atoms with Crippen LogP contribution in [0, 0.1) is 0 Å². The van der Waals surface area contributed by atoms with E-state index in [0.717, 1.165) is 6.26 Å². The van der Waals surface area contributed by atoms with Crippen LogP contribution < -0.4 is 0 Å². The summed E-state index contributed by atoms with van der Waals surface area (Å²) in [5.74, 6) is 0. The van der Waals surface area contributed by atoms with Gasteiger partial charge in [0.05, 0.1) is 19.3 Å². The highest BCUT2D eigenvalue weighted by Gasteiger charge is 2.34. The molecule has 7 nitrogen and oxygen atoms in total. The molecule has 0 aliphatic carbocycles. The van der Waals surface area contributed by atoms with Gasteiger partial charge in [-0.2, -0.15) is 0 Å². The summed E-state index contributed by atoms with van der Waals surface area (Å²) in [4.78, 5) is 4.61. The van der Waals surface area contributed by atoms with E-state index in [1.807, 2.05) is 0 Å². The van der Waals surface area contributed by atoms with Gasteiger partial charge in [-0.15, -0.1) is 0 Å². The average molecular weight is 245 g/mol. The normalized spacial score (nSPS) is 25.4. The summed E-state index contributed by atoms with van der Waals surface area (Å²) in [5, 5.41) is 7.97. The first kappa shape index (κ1) is 11.9. The number of aliphatic hydroxyl groups excluding tert-OH is 1. The van der Waals surface area contributed by atoms with Crippen LogP contribution in [0.25, 0.3) is 0 Å². The van der Waals surface area contributed by atoms with Gasteiger partial charge < -0.3 is 5.11 Å². The number of rotatable bonds is 3. The highest BCUT2D eigenvalue weighted by atomic mass is 32.3. The number of nitrogens with zero attached hydrogens (tertiary/aromatic N) is 1. The summed E-state index contributed by atoms with van der Waals surface area (Å²) in [7, 11) is -7.62. The Labute approximate surface area is 82.2 Å². The molecule has 0 amide bonds. The zero-order valence-electron chi connectivity index (χ0n) is 7.45. The lowest BCUT2D eigenvalue weighted by atomic mass is 10.4. The molecule has 1 saturated heterocycles. The molecule has 1 N–H and O–H groups in total. The second-order valence-electron chi connectivity index (χ2n) is 3.09. The lowest BCUT2D eigenvalue weighted by Gasteiger charge is -2.12. The molecule has 0 aromatic rings. The first-order valence-electron chi connectivity index (χ1n) is 3.70. The Morgan fingerprint density at radius 3 is 2.36 bits per heavy atom. The minimum Gasteiger partial charge on any atom is -0.389 e. The summed E-state index contributed by atoms with van der Waals surface area (Å²) in [6.07, 6.45) is -0.0822. The number of sulfonamides is 1. The number of hydroxylamine groups is 1. The number of β-amino-alcohol motifs (C(OH)–C–C–N with tert-alkyl or cyclic N) is 1. The van der Waals surface area contributed by atoms with Gasteiger partial charge in [0.1, 0.15) is 0 Å². The number of aliphatic hydroxyl groups is 1. The predicted octanol–water partition coefficient (Wildman–Crippen LogP) is -2.07. The van der Waals surface area contributed by atoms with E-state index in [2.05, 4.69) is 4.84 Å². The summed E-state index contributed by atoms with van der Waals surface area (Å²) in [6.45, 7) is -0.360. The van der Waals surface area contributed by atoms with Crippen LogP contribution in [-0.2, 0) is 24.7 Å². The zero-order valence-corrected chi connectivity index (χ0v) is 9.08. The van der Waals surface area contributed by atoms with E-state index in [1.54, 1.807) is 0 Å². The molecule has 0 radical (unpaired) electrons. The summed E-state index contributed by atoms with van der Waals surface area (Å²) in [5.41, 5.74) is 0. The van der Waals surface area contributed by atoms with Crippen molar-refractivity contribution >= 4 is 19.9 Å². The van der Waals surface area contributed by atoms with Crippen LogP contribution in [0.4, 0.5) is 0 Å². The maximum Gasteiger partial charge on any atom is 0.250 e. The molecule has 84 valence electrons. The van der Waals surface area contributed by atoms with E-state index in [-0.39, 0.29) is 13.2 Å². The van der Waals surface area contributed by atoms with Gasteiger partial charge in [0.15, 0.2) is 14.9 Å². The standard InChI is InChI=1S/C5H11NO6S2/c1-13(8,9)4-14(10,11)6-2-5(7)3-12-6/h5,7H,2-4H2,1H3/t5-/m0/s1. The lowest BCUT2D eigenvalue weighted by Crippen LogP contribution is -2.33. The van der Waals surface area contributed by atoms with E-state index >= 15 is 0 Å². The molecule has 1 atom stereocenters. The summed E-state index contributed by atoms with van der Waals surface area (Å²) >= 11 is 0. The fourth-order valence-electron chi connectivity index (χ4n) is 0.970. The second kappa shape index (κ2) is 3.74. The minimum absolute atomic E-state index is 0.136. The smallest absolute Gasteiger partial charge is 0.250 e. The second-order valence-corrected chi connectivity index (χ2v) is 7.46. The highest BCUT2D eigenvalue weighted by Crippen LogP contribution is 2.12. The molecule has 0 unspecified atom stereocenters. The predicted molar refractivity (Wildman–Crippen MR) is 47.3 cm³/mol. The molecule has 0 saturated carbocycles. The van der Waals surface area contributed by atoms with E-state index < -0.39 is 31.0 Å². The summed E-state index contributed by atoms with van der Waals surface area (Å²) < 4.78 is 44.6. The molecule has 1 aliphatic heterocycles. The maximum absolute atomic E-state index is 11.3. The fraction of sp³-hybridized carbons (Fsp3) is 1.00. The molecule has 14 heavy (non-hydrogen) atoms. The van der Waals surface area contributed by atoms with Crippen molar-refractivity contribution in [3.05, 3.63) is 0 Å². The fourth-order valence-corrected chi connectivity index (χ4v) is 4.23. The monoisotopic (exact) mass is 245 g/mol. The van der Waals surface area contributed by atoms with Crippen molar-refractivity contribution < 1.29 is 26.8 Å². The van der Waals surface area contributed by atoms with Crippen LogP contribution in [0.5, 0.6) is 0 Å². The van der Waals surface area contributed by atoms with E-state index in [0.29, 0.717) is 4.47 Å². The maximum atomic E-state index is 11.3. The van der Waals surface area contributed by atoms with Crippen molar-refractivity contribution in [2.45, 2.75) is 6.10 Å². The van der Waals surface area contributed by atoms with Crippen LogP contribution in [0.3, 0.4) is 0 Å². The van der Waals surface area contributed by atoms with Gasteiger partial charge in [0, 0.05) is 6.26 Å². The number of hydrogen-bond acceptors (Lipinski definition) is 6. The molecule has 1 rings (SSSR count). The number of sulfone groups is 1. The van der Waals surface area contributed by atoms with E-state index in [1.165, 1.54) is 0 Å². The van der Waals surface area contributed by atoms with Gasteiger partial charge in [0.2, 0.25) is 0 Å². The number of hydrogen-bond donors (Lipinski definition) is 1. The first-order chi connectivity index (χ1) is 6.21. The quantitative estimate of drug-likeness (QED) is 0.613. The van der Waals surface area contributed by atoms with E-state index in [9.17, 15) is 16.8 Å². The van der Waals surface area contributed by atoms with Gasteiger partial charge in [-0.3, -0.25) is 4.84 Å². The molecule has 0 aromatic heterocycles. The van der Waals surface area contributed by atoms with Crippen LogP contribution in [-0.4, -0.2) is 57.0 Å². The Morgan fingerprint density at radius 1 is 1.43 bits per heavy atom. The van der Waals surface area contributed by atoms with Gasteiger partial charge in [-0.05, 0) is 0 Å².